The molecule has 4 heteroatoms. The minimum absolute atomic E-state index is 0.247. The Kier molecular flexibility index (Phi) is 7.05. The summed E-state index contributed by atoms with van der Waals surface area (Å²) in [6, 6.07) is 0. The lowest BCUT2D eigenvalue weighted by Crippen LogP contribution is -2.33. The topological polar surface area (TPSA) is 38.3 Å². The van der Waals surface area contributed by atoms with E-state index in [0.29, 0.717) is 11.4 Å². The van der Waals surface area contributed by atoms with Gasteiger partial charge in [0.1, 0.15) is 0 Å². The largest absolute Gasteiger partial charge is 0.384 e. The molecular formula is C12H22BrNO2. The molecule has 1 saturated carbocycles. The van der Waals surface area contributed by atoms with Crippen molar-refractivity contribution in [3.8, 4) is 0 Å². The Hall–Kier alpha value is -0.0900. The van der Waals surface area contributed by atoms with E-state index in [2.05, 4.69) is 21.2 Å². The maximum Gasteiger partial charge on any atom is 0.223 e. The van der Waals surface area contributed by atoms with Crippen LogP contribution >= 0.6 is 15.9 Å². The second-order valence-electron chi connectivity index (χ2n) is 4.47. The minimum Gasteiger partial charge on any atom is -0.384 e. The van der Waals surface area contributed by atoms with Crippen molar-refractivity contribution in [3.63, 3.8) is 0 Å². The number of amides is 1. The highest BCUT2D eigenvalue weighted by Crippen LogP contribution is 2.23. The Morgan fingerprint density at radius 3 is 2.75 bits per heavy atom. The molecule has 0 aromatic carbocycles. The number of methoxy groups -OCH3 is 1. The highest BCUT2D eigenvalue weighted by atomic mass is 79.9. The number of hydrogen-bond acceptors (Lipinski definition) is 2. The Bertz CT molecular complexity index is 205. The number of nitrogens with one attached hydrogen (secondary N) is 1. The van der Waals surface area contributed by atoms with E-state index in [4.69, 9.17) is 4.74 Å². The van der Waals surface area contributed by atoms with Gasteiger partial charge in [0.25, 0.3) is 0 Å². The van der Waals surface area contributed by atoms with Gasteiger partial charge in [-0.25, -0.2) is 0 Å². The van der Waals surface area contributed by atoms with Crippen LogP contribution in [0.15, 0.2) is 0 Å². The monoisotopic (exact) mass is 291 g/mol. The lowest BCUT2D eigenvalue weighted by Gasteiger charge is -2.21. The molecule has 0 bridgehead atoms. The van der Waals surface area contributed by atoms with Gasteiger partial charge in [-0.15, -0.1) is 0 Å². The minimum atomic E-state index is 0.247. The van der Waals surface area contributed by atoms with Crippen molar-refractivity contribution in [2.75, 3.05) is 20.3 Å². The van der Waals surface area contributed by atoms with Gasteiger partial charge in [0.15, 0.2) is 0 Å². The van der Waals surface area contributed by atoms with Gasteiger partial charge < -0.3 is 10.1 Å². The highest BCUT2D eigenvalue weighted by Gasteiger charge is 2.20. The van der Waals surface area contributed by atoms with Crippen LogP contribution in [-0.4, -0.2) is 31.0 Å². The Morgan fingerprint density at radius 1 is 1.44 bits per heavy atom. The number of rotatable bonds is 6. The Balaban J connectivity index is 2.09. The summed E-state index contributed by atoms with van der Waals surface area (Å²) in [7, 11) is 1.69. The van der Waals surface area contributed by atoms with Crippen LogP contribution in [0.2, 0.25) is 0 Å². The van der Waals surface area contributed by atoms with Gasteiger partial charge >= 0.3 is 0 Å². The molecule has 16 heavy (non-hydrogen) atoms. The third kappa shape index (κ3) is 5.30. The summed E-state index contributed by atoms with van der Waals surface area (Å²) in [6.07, 6.45) is 6.78. The Labute approximate surface area is 106 Å². The van der Waals surface area contributed by atoms with Gasteiger partial charge in [0.2, 0.25) is 5.91 Å². The zero-order chi connectivity index (χ0) is 11.8. The van der Waals surface area contributed by atoms with E-state index in [1.165, 1.54) is 19.3 Å². The summed E-state index contributed by atoms with van der Waals surface area (Å²) in [5, 5.41) is 3.02. The van der Waals surface area contributed by atoms with Crippen molar-refractivity contribution >= 4 is 21.8 Å². The van der Waals surface area contributed by atoms with E-state index in [-0.39, 0.29) is 11.8 Å². The molecule has 1 rings (SSSR count). The summed E-state index contributed by atoms with van der Waals surface area (Å²) >= 11 is 3.51. The first-order chi connectivity index (χ1) is 7.74. The van der Waals surface area contributed by atoms with Crippen LogP contribution in [0, 0.1) is 5.92 Å². The number of carbonyl (C=O) groups is 1. The summed E-state index contributed by atoms with van der Waals surface area (Å²) in [6.45, 7) is 1.44. The van der Waals surface area contributed by atoms with Gasteiger partial charge in [-0.3, -0.25) is 4.79 Å². The zero-order valence-electron chi connectivity index (χ0n) is 10.0. The van der Waals surface area contributed by atoms with Crippen LogP contribution in [0.25, 0.3) is 0 Å². The fourth-order valence-electron chi connectivity index (χ4n) is 2.13. The first kappa shape index (κ1) is 14.0. The summed E-state index contributed by atoms with van der Waals surface area (Å²) in [5.41, 5.74) is 0. The standard InChI is InChI=1S/C12H22BrNO2/c1-16-9-11(13)7-8-14-12(15)10-5-3-2-4-6-10/h10-11H,2-9H2,1H3,(H,14,15). The van der Waals surface area contributed by atoms with Crippen LogP contribution < -0.4 is 5.32 Å². The van der Waals surface area contributed by atoms with Crippen LogP contribution in [-0.2, 0) is 9.53 Å². The first-order valence-electron chi connectivity index (χ1n) is 6.14. The lowest BCUT2D eigenvalue weighted by atomic mass is 9.89. The molecule has 1 aliphatic carbocycles. The molecule has 0 aliphatic heterocycles. The van der Waals surface area contributed by atoms with E-state index in [1.807, 2.05) is 0 Å². The van der Waals surface area contributed by atoms with Crippen molar-refractivity contribution < 1.29 is 9.53 Å². The molecule has 1 aliphatic rings. The SMILES string of the molecule is COCC(Br)CCNC(=O)C1CCCCC1. The van der Waals surface area contributed by atoms with Gasteiger partial charge in [0, 0.05) is 24.4 Å². The molecule has 3 nitrogen and oxygen atoms in total. The van der Waals surface area contributed by atoms with E-state index >= 15 is 0 Å². The summed E-state index contributed by atoms with van der Waals surface area (Å²) in [4.78, 5) is 12.1. The van der Waals surface area contributed by atoms with Gasteiger partial charge in [-0.05, 0) is 19.3 Å². The average Bonchev–Trinajstić information content (AvgIpc) is 2.30. The molecule has 0 radical (unpaired) electrons. The Morgan fingerprint density at radius 2 is 2.12 bits per heavy atom. The molecule has 1 fully saturated rings. The van der Waals surface area contributed by atoms with Crippen molar-refractivity contribution in [3.05, 3.63) is 0 Å². The van der Waals surface area contributed by atoms with Crippen LogP contribution in [0.5, 0.6) is 0 Å². The third-order valence-electron chi connectivity index (χ3n) is 3.08. The van der Waals surface area contributed by atoms with Crippen LogP contribution in [0.3, 0.4) is 0 Å². The zero-order valence-corrected chi connectivity index (χ0v) is 11.6. The maximum absolute atomic E-state index is 11.8. The lowest BCUT2D eigenvalue weighted by molar-refractivity contribution is -0.125. The molecule has 94 valence electrons. The molecule has 1 amide bonds. The molecule has 0 aromatic rings. The van der Waals surface area contributed by atoms with Crippen molar-refractivity contribution in [2.45, 2.75) is 43.4 Å². The van der Waals surface area contributed by atoms with Crippen LogP contribution in [0.1, 0.15) is 38.5 Å². The molecule has 1 atom stereocenters. The molecular weight excluding hydrogens is 270 g/mol. The highest BCUT2D eigenvalue weighted by molar-refractivity contribution is 9.09. The van der Waals surface area contributed by atoms with E-state index in [0.717, 1.165) is 25.8 Å². The fraction of sp³-hybridized carbons (Fsp3) is 0.917. The summed E-state index contributed by atoms with van der Waals surface area (Å²) in [5.74, 6) is 0.516. The normalized spacial score (nSPS) is 19.4. The quantitative estimate of drug-likeness (QED) is 0.764. The molecule has 1 N–H and O–H groups in total. The van der Waals surface area contributed by atoms with Gasteiger partial charge in [-0.1, -0.05) is 35.2 Å². The number of alkyl halides is 1. The molecule has 0 spiro atoms. The van der Waals surface area contributed by atoms with Crippen molar-refractivity contribution in [2.24, 2.45) is 5.92 Å². The molecule has 0 saturated heterocycles. The predicted molar refractivity (Wildman–Crippen MR) is 68.8 cm³/mol. The molecule has 0 aromatic heterocycles. The average molecular weight is 292 g/mol. The predicted octanol–water partition coefficient (Wildman–Crippen LogP) is 2.48. The number of ether oxygens (including phenoxy) is 1. The van der Waals surface area contributed by atoms with Crippen molar-refractivity contribution in [1.29, 1.82) is 0 Å². The second-order valence-corrected chi connectivity index (χ2v) is 5.76. The van der Waals surface area contributed by atoms with E-state index in [9.17, 15) is 4.79 Å². The van der Waals surface area contributed by atoms with Crippen LogP contribution in [0.4, 0.5) is 0 Å². The first-order valence-corrected chi connectivity index (χ1v) is 7.06. The maximum atomic E-state index is 11.8. The summed E-state index contributed by atoms with van der Waals surface area (Å²) < 4.78 is 5.02. The number of hydrogen-bond donors (Lipinski definition) is 1. The molecule has 0 heterocycles. The van der Waals surface area contributed by atoms with E-state index in [1.54, 1.807) is 7.11 Å². The van der Waals surface area contributed by atoms with Gasteiger partial charge in [-0.2, -0.15) is 0 Å². The second kappa shape index (κ2) is 8.07. The fourth-order valence-corrected chi connectivity index (χ4v) is 2.62. The van der Waals surface area contributed by atoms with E-state index < -0.39 is 0 Å². The number of carbonyl (C=O) groups excluding carboxylic acids is 1. The van der Waals surface area contributed by atoms with Gasteiger partial charge in [0.05, 0.1) is 6.61 Å². The van der Waals surface area contributed by atoms with Crippen molar-refractivity contribution in [1.82, 2.24) is 5.32 Å². The smallest absolute Gasteiger partial charge is 0.223 e. The molecule has 1 unspecified atom stereocenters. The number of halogens is 1. The third-order valence-corrected chi connectivity index (χ3v) is 3.80.